The van der Waals surface area contributed by atoms with E-state index in [0.29, 0.717) is 47.1 Å². The number of ether oxygens (including phenoxy) is 3. The van der Waals surface area contributed by atoms with Crippen molar-refractivity contribution in [3.8, 4) is 17.2 Å². The van der Waals surface area contributed by atoms with E-state index in [1.807, 2.05) is 12.1 Å². The predicted octanol–water partition coefficient (Wildman–Crippen LogP) is 4.51. The van der Waals surface area contributed by atoms with E-state index in [-0.39, 0.29) is 17.0 Å². The molecule has 1 heterocycles. The zero-order chi connectivity index (χ0) is 23.9. The van der Waals surface area contributed by atoms with Gasteiger partial charge in [0.2, 0.25) is 5.75 Å². The second-order valence-electron chi connectivity index (χ2n) is 9.18. The number of dihydropyridines is 1. The Morgan fingerprint density at radius 3 is 2.12 bits per heavy atom. The number of nitrogens with one attached hydrogen (secondary N) is 1. The molecule has 0 saturated heterocycles. The van der Waals surface area contributed by atoms with Crippen molar-refractivity contribution in [2.45, 2.75) is 32.6 Å². The minimum Gasteiger partial charge on any atom is -0.493 e. The number of hydrogen-bond donors (Lipinski definition) is 2. The number of halogens is 1. The van der Waals surface area contributed by atoms with Crippen molar-refractivity contribution in [2.75, 3.05) is 21.3 Å². The van der Waals surface area contributed by atoms with Crippen molar-refractivity contribution >= 4 is 11.4 Å². The molecule has 1 atom stereocenters. The summed E-state index contributed by atoms with van der Waals surface area (Å²) in [6, 6.07) is 9.80. The molecule has 0 fully saturated rings. The lowest BCUT2D eigenvalue weighted by molar-refractivity contribution is -0.118. The summed E-state index contributed by atoms with van der Waals surface area (Å²) >= 11 is 0. The minimum absolute atomic E-state index is 0.0552. The lowest BCUT2D eigenvalue weighted by Crippen LogP contribution is -2.39. The summed E-state index contributed by atoms with van der Waals surface area (Å²) in [4.78, 5) is 13.5. The summed E-state index contributed by atoms with van der Waals surface area (Å²) < 4.78 is 30.3. The number of carbonyl (C=O) groups excluding carboxylic acids is 1. The highest BCUT2D eigenvalue weighted by molar-refractivity contribution is 6.03. The molecular formula is C26H29FN2O4. The van der Waals surface area contributed by atoms with Crippen LogP contribution in [0, 0.1) is 11.2 Å². The summed E-state index contributed by atoms with van der Waals surface area (Å²) in [6.07, 6.45) is 1.11. The van der Waals surface area contributed by atoms with Gasteiger partial charge >= 0.3 is 0 Å². The molecule has 1 aliphatic carbocycles. The van der Waals surface area contributed by atoms with Gasteiger partial charge in [-0.15, -0.1) is 0 Å². The Labute approximate surface area is 193 Å². The quantitative estimate of drug-likeness (QED) is 0.695. The van der Waals surface area contributed by atoms with Gasteiger partial charge in [-0.05, 0) is 47.2 Å². The molecule has 33 heavy (non-hydrogen) atoms. The normalized spacial score (nSPS) is 19.7. The number of methoxy groups -OCH3 is 3. The Hall–Kier alpha value is -3.48. The zero-order valence-electron chi connectivity index (χ0n) is 19.5. The topological polar surface area (TPSA) is 82.8 Å². The van der Waals surface area contributed by atoms with Crippen LogP contribution in [0.4, 0.5) is 4.39 Å². The maximum Gasteiger partial charge on any atom is 0.203 e. The van der Waals surface area contributed by atoms with Gasteiger partial charge in [0.05, 0.1) is 21.3 Å². The molecule has 7 heteroatoms. The Balaban J connectivity index is 1.98. The van der Waals surface area contributed by atoms with Crippen molar-refractivity contribution in [1.29, 1.82) is 0 Å². The number of hydrogen-bond acceptors (Lipinski definition) is 6. The van der Waals surface area contributed by atoms with Gasteiger partial charge in [0, 0.05) is 29.2 Å². The Kier molecular flexibility index (Phi) is 5.82. The number of allylic oxidation sites excluding steroid dienone is 3. The highest BCUT2D eigenvalue weighted by Crippen LogP contribution is 2.51. The van der Waals surface area contributed by atoms with Crippen molar-refractivity contribution in [1.82, 2.24) is 5.32 Å². The number of carbonyl (C=O) groups is 1. The lowest BCUT2D eigenvalue weighted by atomic mass is 9.68. The largest absolute Gasteiger partial charge is 0.493 e. The van der Waals surface area contributed by atoms with Crippen LogP contribution >= 0.6 is 0 Å². The van der Waals surface area contributed by atoms with Crippen molar-refractivity contribution in [2.24, 2.45) is 11.1 Å². The third kappa shape index (κ3) is 4.03. The van der Waals surface area contributed by atoms with Crippen LogP contribution < -0.4 is 25.3 Å². The second kappa shape index (κ2) is 8.46. The van der Waals surface area contributed by atoms with Gasteiger partial charge < -0.3 is 25.3 Å². The molecule has 0 bridgehead atoms. The lowest BCUT2D eigenvalue weighted by Gasteiger charge is -2.40. The van der Waals surface area contributed by atoms with Gasteiger partial charge in [0.15, 0.2) is 17.3 Å². The van der Waals surface area contributed by atoms with Crippen LogP contribution in [0.2, 0.25) is 0 Å². The fourth-order valence-corrected chi connectivity index (χ4v) is 4.86. The summed E-state index contributed by atoms with van der Waals surface area (Å²) in [5.41, 5.74) is 10.1. The van der Waals surface area contributed by atoms with Crippen LogP contribution in [-0.2, 0) is 4.79 Å². The van der Waals surface area contributed by atoms with E-state index in [2.05, 4.69) is 19.2 Å². The van der Waals surface area contributed by atoms with Crippen molar-refractivity contribution in [3.05, 3.63) is 70.4 Å². The highest BCUT2D eigenvalue weighted by atomic mass is 19.1. The molecule has 0 radical (unpaired) electrons. The number of ketones is 1. The number of rotatable bonds is 5. The zero-order valence-corrected chi connectivity index (χ0v) is 19.5. The fourth-order valence-electron chi connectivity index (χ4n) is 4.86. The third-order valence-electron chi connectivity index (χ3n) is 6.25. The van der Waals surface area contributed by atoms with Gasteiger partial charge in [-0.3, -0.25) is 4.79 Å². The third-order valence-corrected chi connectivity index (χ3v) is 6.25. The summed E-state index contributed by atoms with van der Waals surface area (Å²) in [5.74, 6) is 1.08. The fraction of sp³-hybridized carbons (Fsp3) is 0.346. The number of nitrogens with two attached hydrogens (primary N) is 1. The molecule has 174 valence electrons. The Morgan fingerprint density at radius 2 is 1.58 bits per heavy atom. The van der Waals surface area contributed by atoms with Crippen LogP contribution in [0.5, 0.6) is 17.2 Å². The van der Waals surface area contributed by atoms with Crippen LogP contribution in [0.15, 0.2) is 53.5 Å². The molecular weight excluding hydrogens is 423 g/mol. The highest BCUT2D eigenvalue weighted by Gasteiger charge is 2.42. The second-order valence-corrected chi connectivity index (χ2v) is 9.18. The Bertz CT molecular complexity index is 1140. The maximum absolute atomic E-state index is 13.7. The van der Waals surface area contributed by atoms with E-state index < -0.39 is 5.92 Å². The molecule has 6 nitrogen and oxygen atoms in total. The van der Waals surface area contributed by atoms with Crippen LogP contribution in [-0.4, -0.2) is 27.1 Å². The van der Waals surface area contributed by atoms with Crippen LogP contribution in [0.25, 0.3) is 5.57 Å². The summed E-state index contributed by atoms with van der Waals surface area (Å²) in [5, 5.41) is 3.28. The molecule has 4 rings (SSSR count). The molecule has 0 spiro atoms. The van der Waals surface area contributed by atoms with E-state index in [1.165, 1.54) is 12.1 Å². The molecule has 1 unspecified atom stereocenters. The first-order valence-electron chi connectivity index (χ1n) is 10.8. The Morgan fingerprint density at radius 1 is 0.970 bits per heavy atom. The SMILES string of the molecule is COc1cc(C2C3=C(CC(C)(C)CC3=O)NC(N)=C2c2ccc(F)cc2)cc(OC)c1OC. The molecule has 2 aromatic carbocycles. The molecule has 0 saturated carbocycles. The van der Waals surface area contributed by atoms with E-state index in [1.54, 1.807) is 33.5 Å². The van der Waals surface area contributed by atoms with Crippen molar-refractivity contribution in [3.63, 3.8) is 0 Å². The van der Waals surface area contributed by atoms with Crippen LogP contribution in [0.3, 0.4) is 0 Å². The standard InChI is InChI=1S/C26H29FN2O4/c1-26(2)12-17-23(18(30)13-26)21(15-10-19(31-3)24(33-5)20(11-15)32-4)22(25(28)29-17)14-6-8-16(27)9-7-14/h6-11,21,29H,12-13,28H2,1-5H3. The average molecular weight is 453 g/mol. The molecule has 0 aromatic heterocycles. The monoisotopic (exact) mass is 452 g/mol. The first-order chi connectivity index (χ1) is 15.7. The van der Waals surface area contributed by atoms with Gasteiger partial charge in [-0.25, -0.2) is 4.39 Å². The van der Waals surface area contributed by atoms with Gasteiger partial charge in [-0.2, -0.15) is 0 Å². The van der Waals surface area contributed by atoms with E-state index in [0.717, 1.165) is 16.8 Å². The molecule has 3 N–H and O–H groups in total. The summed E-state index contributed by atoms with van der Waals surface area (Å²) in [6.45, 7) is 4.14. The van der Waals surface area contributed by atoms with Crippen LogP contribution in [0.1, 0.15) is 43.7 Å². The number of benzene rings is 2. The first-order valence-corrected chi connectivity index (χ1v) is 10.8. The average Bonchev–Trinajstić information content (AvgIpc) is 2.77. The maximum atomic E-state index is 13.7. The van der Waals surface area contributed by atoms with E-state index >= 15 is 0 Å². The summed E-state index contributed by atoms with van der Waals surface area (Å²) in [7, 11) is 4.64. The number of Topliss-reactive ketones (excluding diaryl/α,β-unsaturated/α-hetero) is 1. The molecule has 2 aliphatic rings. The molecule has 2 aromatic rings. The molecule has 1 aliphatic heterocycles. The smallest absolute Gasteiger partial charge is 0.203 e. The molecule has 0 amide bonds. The van der Waals surface area contributed by atoms with E-state index in [9.17, 15) is 9.18 Å². The van der Waals surface area contributed by atoms with Gasteiger partial charge in [0.25, 0.3) is 0 Å². The first kappa shape index (κ1) is 22.7. The van der Waals surface area contributed by atoms with Crippen molar-refractivity contribution < 1.29 is 23.4 Å². The van der Waals surface area contributed by atoms with Gasteiger partial charge in [0.1, 0.15) is 11.6 Å². The van der Waals surface area contributed by atoms with E-state index in [4.69, 9.17) is 19.9 Å². The predicted molar refractivity (Wildman–Crippen MR) is 125 cm³/mol. The minimum atomic E-state index is -0.482. The van der Waals surface area contributed by atoms with Gasteiger partial charge in [-0.1, -0.05) is 26.0 Å².